The molecule has 2 aliphatic heterocycles. The van der Waals surface area contributed by atoms with Crippen LogP contribution in [0.1, 0.15) is 83.9 Å². The molecular formula is C48H57N3O12S4-2. The highest BCUT2D eigenvalue weighted by Crippen LogP contribution is 2.52. The molecule has 2 aliphatic rings. The van der Waals surface area contributed by atoms with Gasteiger partial charge in [-0.25, -0.2) is 21.1 Å². The third-order valence-corrected chi connectivity index (χ3v) is 16.5. The first-order chi connectivity index (χ1) is 31.7. The highest BCUT2D eigenvalue weighted by atomic mass is 32.2. The lowest BCUT2D eigenvalue weighted by Gasteiger charge is -2.27. The monoisotopic (exact) mass is 995 g/mol. The fraction of sp³-hybridized carbons (Fsp3) is 0.417. The molecule has 0 saturated carbocycles. The SMILES string of the molecule is Cc1cc(S(=O)(=O)[O-])c2ccc3c(c2c1)C(C)(C)C(C=CC=CC=C1N(CCCSOO[O-])c2ccc4c(S(=O)(=O)N(C)CCCC(=O)C(C)C)cccc4c2C1(C)C)=[N+]3CCCSOO[O-]. The maximum absolute atomic E-state index is 14.1. The van der Waals surface area contributed by atoms with Crippen molar-refractivity contribution in [1.82, 2.24) is 4.31 Å². The van der Waals surface area contributed by atoms with E-state index in [0.29, 0.717) is 72.0 Å². The third-order valence-electron chi connectivity index (χ3n) is 12.5. The molecule has 0 unspecified atom stereocenters. The molecule has 2 heterocycles. The predicted molar refractivity (Wildman–Crippen MR) is 258 cm³/mol. The second kappa shape index (κ2) is 21.8. The molecule has 15 nitrogen and oxygen atoms in total. The number of sulfonamides is 1. The zero-order chi connectivity index (χ0) is 48.9. The van der Waals surface area contributed by atoms with E-state index in [9.17, 15) is 36.7 Å². The summed E-state index contributed by atoms with van der Waals surface area (Å²) in [4.78, 5) is 14.4. The molecule has 0 N–H and O–H groups in total. The summed E-state index contributed by atoms with van der Waals surface area (Å²) in [5.74, 6) is 0.915. The Balaban J connectivity index is 1.37. The molecule has 0 radical (unpaired) electrons. The number of ketones is 1. The van der Waals surface area contributed by atoms with Gasteiger partial charge in [0.1, 0.15) is 22.4 Å². The first-order valence-electron chi connectivity index (χ1n) is 21.9. The molecule has 0 amide bonds. The van der Waals surface area contributed by atoms with Crippen LogP contribution in [0.3, 0.4) is 0 Å². The number of allylic oxidation sites excluding steroid dienone is 6. The van der Waals surface area contributed by atoms with E-state index in [1.807, 2.05) is 74.6 Å². The number of benzene rings is 4. The smallest absolute Gasteiger partial charge is 0.243 e. The standard InChI is InChI=1S/C48H59N3O12S4/c1-32(2)40(52)17-13-25-49(8)66(55,56)41-18-12-16-36-34(41)21-23-38-45(36)47(4,5)43(50(38)26-14-28-64-62-60-53)19-10-9-11-20-44-48(6,7)46-37-30-33(3)31-42(67(57,58)59)35(37)22-24-39(46)51(44)27-15-29-65-63-61-54/h9-12,16,18-24,30-32H,13-15,17,25-29H2,1-8H3,(H2-,53,54,57,58,59)/p-2. The normalized spacial score (nSPS) is 16.6. The molecule has 0 fully saturated rings. The maximum Gasteiger partial charge on any atom is 0.243 e. The van der Waals surface area contributed by atoms with Gasteiger partial charge in [0.15, 0.2) is 5.71 Å². The number of carbonyl (C=O) groups excluding carboxylic acids is 1. The van der Waals surface area contributed by atoms with Crippen LogP contribution < -0.4 is 15.4 Å². The van der Waals surface area contributed by atoms with Gasteiger partial charge in [-0.05, 0) is 91.2 Å². The van der Waals surface area contributed by atoms with E-state index >= 15 is 0 Å². The Kier molecular flexibility index (Phi) is 17.0. The number of nitrogens with zero attached hydrogens (tertiary/aromatic N) is 3. The number of aryl methyl sites for hydroxylation is 1. The van der Waals surface area contributed by atoms with E-state index in [4.69, 9.17) is 0 Å². The molecule has 0 bridgehead atoms. The molecule has 19 heteroatoms. The van der Waals surface area contributed by atoms with Gasteiger partial charge in [-0.2, -0.15) is 13.2 Å². The molecule has 0 spiro atoms. The molecule has 0 atom stereocenters. The summed E-state index contributed by atoms with van der Waals surface area (Å²) in [7, 11) is -7.14. The Morgan fingerprint density at radius 2 is 1.49 bits per heavy atom. The van der Waals surface area contributed by atoms with Crippen LogP contribution in [0.4, 0.5) is 11.4 Å². The number of rotatable bonds is 23. The van der Waals surface area contributed by atoms with E-state index in [1.165, 1.54) is 10.4 Å². The molecule has 0 aliphatic carbocycles. The second-order valence-electron chi connectivity index (χ2n) is 18.0. The van der Waals surface area contributed by atoms with Crippen molar-refractivity contribution in [2.45, 2.75) is 94.8 Å². The average molecular weight is 996 g/mol. The Hall–Kier alpha value is -3.96. The van der Waals surface area contributed by atoms with Crippen molar-refractivity contribution in [2.24, 2.45) is 5.92 Å². The Bertz CT molecular complexity index is 2860. The van der Waals surface area contributed by atoms with Gasteiger partial charge in [-0.1, -0.05) is 70.2 Å². The molecule has 6 rings (SSSR count). The Labute approximate surface area is 402 Å². The summed E-state index contributed by atoms with van der Waals surface area (Å²) in [5, 5.41) is 30.4. The number of Topliss-reactive ketones (excluding diaryl/α,β-unsaturated/α-hetero) is 1. The van der Waals surface area contributed by atoms with Gasteiger partial charge in [0, 0.05) is 114 Å². The van der Waals surface area contributed by atoms with Crippen molar-refractivity contribution in [3.05, 3.63) is 107 Å². The minimum Gasteiger partial charge on any atom is -0.744 e. The summed E-state index contributed by atoms with van der Waals surface area (Å²) in [6, 6.07) is 16.0. The number of fused-ring (bicyclic) bond motifs is 6. The number of hydrogen-bond donors (Lipinski definition) is 0. The average Bonchev–Trinajstić information content (AvgIpc) is 3.62. The van der Waals surface area contributed by atoms with Crippen LogP contribution in [0.2, 0.25) is 0 Å². The van der Waals surface area contributed by atoms with E-state index in [2.05, 4.69) is 55.9 Å². The first-order valence-corrected chi connectivity index (χ1v) is 26.6. The van der Waals surface area contributed by atoms with Crippen molar-refractivity contribution in [2.75, 3.05) is 43.1 Å². The van der Waals surface area contributed by atoms with Gasteiger partial charge in [0.25, 0.3) is 0 Å². The molecule has 0 saturated heterocycles. The topological polar surface area (TPSA) is 201 Å². The van der Waals surface area contributed by atoms with Crippen molar-refractivity contribution >= 4 is 88.6 Å². The number of anilines is 1. The van der Waals surface area contributed by atoms with Gasteiger partial charge in [0.2, 0.25) is 15.7 Å². The Morgan fingerprint density at radius 3 is 2.16 bits per heavy atom. The summed E-state index contributed by atoms with van der Waals surface area (Å²) in [6.45, 7) is 15.1. The zero-order valence-electron chi connectivity index (χ0n) is 38.9. The van der Waals surface area contributed by atoms with Crippen LogP contribution in [-0.2, 0) is 54.5 Å². The van der Waals surface area contributed by atoms with Crippen LogP contribution in [-0.4, -0.2) is 80.0 Å². The summed E-state index contributed by atoms with van der Waals surface area (Å²) in [5.41, 5.74) is 4.92. The summed E-state index contributed by atoms with van der Waals surface area (Å²) >= 11 is 1.81. The van der Waals surface area contributed by atoms with E-state index in [1.54, 1.807) is 32.2 Å². The van der Waals surface area contributed by atoms with Crippen molar-refractivity contribution in [1.29, 1.82) is 0 Å². The zero-order valence-corrected chi connectivity index (χ0v) is 42.2. The Morgan fingerprint density at radius 1 is 0.821 bits per heavy atom. The van der Waals surface area contributed by atoms with Crippen molar-refractivity contribution in [3.8, 4) is 0 Å². The van der Waals surface area contributed by atoms with Gasteiger partial charge in [0.05, 0.1) is 15.2 Å². The van der Waals surface area contributed by atoms with Crippen LogP contribution in [0.25, 0.3) is 21.5 Å². The van der Waals surface area contributed by atoms with Gasteiger partial charge in [-0.3, -0.25) is 14.9 Å². The van der Waals surface area contributed by atoms with E-state index < -0.39 is 31.0 Å². The molecule has 67 heavy (non-hydrogen) atoms. The second-order valence-corrected chi connectivity index (χ2v) is 22.9. The summed E-state index contributed by atoms with van der Waals surface area (Å²) < 4.78 is 78.0. The van der Waals surface area contributed by atoms with Crippen LogP contribution >= 0.6 is 24.1 Å². The molecule has 0 aromatic heterocycles. The highest BCUT2D eigenvalue weighted by Gasteiger charge is 2.46. The summed E-state index contributed by atoms with van der Waals surface area (Å²) in [6.07, 6.45) is 11.8. The molecular weight excluding hydrogens is 939 g/mol. The fourth-order valence-electron chi connectivity index (χ4n) is 9.39. The van der Waals surface area contributed by atoms with Crippen LogP contribution in [0.5, 0.6) is 0 Å². The number of hydrogen-bond acceptors (Lipinski definition) is 15. The fourth-order valence-corrected chi connectivity index (χ4v) is 12.3. The minimum absolute atomic E-state index is 0.0955. The highest BCUT2D eigenvalue weighted by molar-refractivity contribution is 7.94. The molecule has 4 aromatic rings. The van der Waals surface area contributed by atoms with Gasteiger partial charge < -0.3 is 20.0 Å². The molecule has 4 aromatic carbocycles. The van der Waals surface area contributed by atoms with Crippen molar-refractivity contribution < 1.29 is 60.0 Å². The lowest BCUT2D eigenvalue weighted by Crippen LogP contribution is -2.28. The quantitative estimate of drug-likeness (QED) is 0.0134. The van der Waals surface area contributed by atoms with Crippen LogP contribution in [0, 0.1) is 12.8 Å². The lowest BCUT2D eigenvalue weighted by molar-refractivity contribution is -0.777. The minimum atomic E-state index is -4.77. The van der Waals surface area contributed by atoms with E-state index in [0.717, 1.165) is 63.4 Å². The third kappa shape index (κ3) is 11.1. The number of carbonyl (C=O) groups is 1. The van der Waals surface area contributed by atoms with Crippen LogP contribution in [0.15, 0.2) is 100 Å². The first kappa shape index (κ1) is 52.4. The van der Waals surface area contributed by atoms with Gasteiger partial charge >= 0.3 is 0 Å². The largest absolute Gasteiger partial charge is 0.744 e. The molecule has 362 valence electrons. The maximum atomic E-state index is 14.1. The van der Waals surface area contributed by atoms with E-state index in [-0.39, 0.29) is 28.0 Å². The van der Waals surface area contributed by atoms with Gasteiger partial charge in [-0.15, -0.1) is 0 Å². The lowest BCUT2D eigenvalue weighted by atomic mass is 9.78. The van der Waals surface area contributed by atoms with Crippen molar-refractivity contribution in [3.63, 3.8) is 0 Å². The predicted octanol–water partition coefficient (Wildman–Crippen LogP) is 7.53.